The van der Waals surface area contributed by atoms with E-state index in [1.165, 1.54) is 13.8 Å². The number of Topliss-reactive ketones (excluding diaryl/α,β-unsaturated/α-hetero) is 1. The Kier molecular flexibility index (Phi) is 4.10. The molecule has 0 aromatic carbocycles. The van der Waals surface area contributed by atoms with Crippen LogP contribution in [0.15, 0.2) is 5.16 Å². The number of hydrogen-bond acceptors (Lipinski definition) is 4. The highest BCUT2D eigenvalue weighted by Gasteiger charge is 2.03. The van der Waals surface area contributed by atoms with Crippen LogP contribution in [0.25, 0.3) is 0 Å². The van der Waals surface area contributed by atoms with Crippen LogP contribution in [0.2, 0.25) is 0 Å². The SMILES string of the molecule is CC/C(=N/OC(C)=O)C(C)=O. The number of carbonyl (C=O) groups excluding carboxylic acids is 2. The second-order valence-electron chi connectivity index (χ2n) is 2.03. The number of oxime groups is 1. The van der Waals surface area contributed by atoms with Crippen LogP contribution in [0, 0.1) is 0 Å². The molecule has 0 unspecified atom stereocenters. The quantitative estimate of drug-likeness (QED) is 0.347. The van der Waals surface area contributed by atoms with Crippen LogP contribution in [-0.4, -0.2) is 17.5 Å². The van der Waals surface area contributed by atoms with Gasteiger partial charge in [0.2, 0.25) is 0 Å². The maximum Gasteiger partial charge on any atom is 0.331 e. The van der Waals surface area contributed by atoms with E-state index < -0.39 is 5.97 Å². The Bertz CT molecular complexity index is 196. The molecule has 0 heterocycles. The van der Waals surface area contributed by atoms with Crippen LogP contribution in [0.1, 0.15) is 27.2 Å². The van der Waals surface area contributed by atoms with E-state index in [2.05, 4.69) is 9.99 Å². The van der Waals surface area contributed by atoms with Crippen LogP contribution in [0.5, 0.6) is 0 Å². The zero-order valence-electron chi connectivity index (χ0n) is 6.88. The minimum Gasteiger partial charge on any atom is -0.318 e. The third kappa shape index (κ3) is 4.25. The summed E-state index contributed by atoms with van der Waals surface area (Å²) in [7, 11) is 0. The predicted molar refractivity (Wildman–Crippen MR) is 40.2 cm³/mol. The molecule has 62 valence electrons. The summed E-state index contributed by atoms with van der Waals surface area (Å²) in [6.45, 7) is 4.38. The third-order valence-corrected chi connectivity index (χ3v) is 1.03. The molecule has 0 amide bonds. The van der Waals surface area contributed by atoms with Gasteiger partial charge in [-0.1, -0.05) is 12.1 Å². The summed E-state index contributed by atoms with van der Waals surface area (Å²) in [5.74, 6) is -0.689. The summed E-state index contributed by atoms with van der Waals surface area (Å²) < 4.78 is 0. The second kappa shape index (κ2) is 4.60. The van der Waals surface area contributed by atoms with E-state index in [0.717, 1.165) is 0 Å². The molecule has 0 atom stereocenters. The van der Waals surface area contributed by atoms with E-state index in [1.54, 1.807) is 6.92 Å². The number of hydrogen-bond donors (Lipinski definition) is 0. The minimum atomic E-state index is -0.516. The summed E-state index contributed by atoms with van der Waals surface area (Å²) in [6, 6.07) is 0. The van der Waals surface area contributed by atoms with E-state index in [0.29, 0.717) is 6.42 Å². The number of rotatable bonds is 3. The van der Waals surface area contributed by atoms with Crippen LogP contribution >= 0.6 is 0 Å². The van der Waals surface area contributed by atoms with Crippen molar-refractivity contribution >= 4 is 17.5 Å². The summed E-state index contributed by atoms with van der Waals surface area (Å²) >= 11 is 0. The lowest BCUT2D eigenvalue weighted by molar-refractivity contribution is -0.140. The van der Waals surface area contributed by atoms with Crippen LogP contribution < -0.4 is 0 Å². The van der Waals surface area contributed by atoms with Gasteiger partial charge in [-0.05, 0) is 6.42 Å². The van der Waals surface area contributed by atoms with Crippen molar-refractivity contribution in [2.24, 2.45) is 5.16 Å². The van der Waals surface area contributed by atoms with Crippen molar-refractivity contribution in [3.8, 4) is 0 Å². The van der Waals surface area contributed by atoms with E-state index in [4.69, 9.17) is 0 Å². The monoisotopic (exact) mass is 157 g/mol. The molecule has 0 radical (unpaired) electrons. The Balaban J connectivity index is 4.13. The number of ketones is 1. The highest BCUT2D eigenvalue weighted by atomic mass is 16.7. The van der Waals surface area contributed by atoms with Gasteiger partial charge >= 0.3 is 5.97 Å². The smallest absolute Gasteiger partial charge is 0.318 e. The highest BCUT2D eigenvalue weighted by molar-refractivity contribution is 6.38. The molecular weight excluding hydrogens is 146 g/mol. The van der Waals surface area contributed by atoms with Crippen molar-refractivity contribution in [2.45, 2.75) is 27.2 Å². The molecule has 0 N–H and O–H groups in total. The largest absolute Gasteiger partial charge is 0.331 e. The summed E-state index contributed by atoms with van der Waals surface area (Å²) in [5.41, 5.74) is 0.278. The number of nitrogens with zero attached hydrogens (tertiary/aromatic N) is 1. The van der Waals surface area contributed by atoms with E-state index in [9.17, 15) is 9.59 Å². The van der Waals surface area contributed by atoms with Gasteiger partial charge in [0, 0.05) is 13.8 Å². The van der Waals surface area contributed by atoms with Crippen molar-refractivity contribution in [3.05, 3.63) is 0 Å². The topological polar surface area (TPSA) is 55.7 Å². The van der Waals surface area contributed by atoms with Crippen molar-refractivity contribution in [3.63, 3.8) is 0 Å². The van der Waals surface area contributed by atoms with Gasteiger partial charge in [-0.2, -0.15) is 0 Å². The fraction of sp³-hybridized carbons (Fsp3) is 0.571. The van der Waals surface area contributed by atoms with Gasteiger partial charge in [0.1, 0.15) is 5.71 Å². The molecule has 0 saturated heterocycles. The first-order valence-corrected chi connectivity index (χ1v) is 3.33. The summed E-state index contributed by atoms with van der Waals surface area (Å²) in [6.07, 6.45) is 0.475. The van der Waals surface area contributed by atoms with Crippen molar-refractivity contribution in [2.75, 3.05) is 0 Å². The molecule has 0 saturated carbocycles. The first-order chi connectivity index (χ1) is 5.07. The molecule has 0 aliphatic carbocycles. The summed E-state index contributed by atoms with van der Waals surface area (Å²) in [5, 5.41) is 3.36. The molecule has 0 fully saturated rings. The van der Waals surface area contributed by atoms with E-state index >= 15 is 0 Å². The van der Waals surface area contributed by atoms with Crippen molar-refractivity contribution in [1.82, 2.24) is 0 Å². The molecule has 0 aromatic rings. The van der Waals surface area contributed by atoms with Crippen molar-refractivity contribution < 1.29 is 14.4 Å². The zero-order chi connectivity index (χ0) is 8.85. The predicted octanol–water partition coefficient (Wildman–Crippen LogP) is 0.905. The molecule has 4 heteroatoms. The van der Waals surface area contributed by atoms with Gasteiger partial charge in [-0.25, -0.2) is 4.79 Å². The van der Waals surface area contributed by atoms with Crippen LogP contribution in [0.3, 0.4) is 0 Å². The lowest BCUT2D eigenvalue weighted by Crippen LogP contribution is -2.09. The van der Waals surface area contributed by atoms with Gasteiger partial charge in [0.05, 0.1) is 0 Å². The van der Waals surface area contributed by atoms with Gasteiger partial charge in [-0.15, -0.1) is 0 Å². The van der Waals surface area contributed by atoms with Gasteiger partial charge in [0.25, 0.3) is 0 Å². The Hall–Kier alpha value is -1.19. The van der Waals surface area contributed by atoms with E-state index in [-0.39, 0.29) is 11.5 Å². The molecule has 0 bridgehead atoms. The van der Waals surface area contributed by atoms with Crippen molar-refractivity contribution in [1.29, 1.82) is 0 Å². The molecule has 4 nitrogen and oxygen atoms in total. The maximum absolute atomic E-state index is 10.7. The average Bonchev–Trinajstić information content (AvgIpc) is 1.87. The Morgan fingerprint density at radius 2 is 1.91 bits per heavy atom. The number of carbonyl (C=O) groups is 2. The molecular formula is C7H11NO3. The molecule has 0 aliphatic rings. The summed E-state index contributed by atoms with van der Waals surface area (Å²) in [4.78, 5) is 25.2. The molecule has 0 aromatic heterocycles. The van der Waals surface area contributed by atoms with Gasteiger partial charge in [0.15, 0.2) is 5.78 Å². The normalized spacial score (nSPS) is 11.0. The molecule has 11 heavy (non-hydrogen) atoms. The van der Waals surface area contributed by atoms with Crippen LogP contribution in [0.4, 0.5) is 0 Å². The van der Waals surface area contributed by atoms with Crippen LogP contribution in [-0.2, 0) is 14.4 Å². The lowest BCUT2D eigenvalue weighted by atomic mass is 10.2. The minimum absolute atomic E-state index is 0.172. The fourth-order valence-corrected chi connectivity index (χ4v) is 0.497. The van der Waals surface area contributed by atoms with Gasteiger partial charge in [-0.3, -0.25) is 4.79 Å². The zero-order valence-corrected chi connectivity index (χ0v) is 6.88. The van der Waals surface area contributed by atoms with E-state index in [1.807, 2.05) is 0 Å². The first-order valence-electron chi connectivity index (χ1n) is 3.33. The maximum atomic E-state index is 10.7. The first kappa shape index (κ1) is 9.81. The highest BCUT2D eigenvalue weighted by Crippen LogP contribution is 1.89. The molecule has 0 spiro atoms. The lowest BCUT2D eigenvalue weighted by Gasteiger charge is -1.95. The Morgan fingerprint density at radius 1 is 1.36 bits per heavy atom. The second-order valence-corrected chi connectivity index (χ2v) is 2.03. The third-order valence-electron chi connectivity index (χ3n) is 1.03. The fourth-order valence-electron chi connectivity index (χ4n) is 0.497. The average molecular weight is 157 g/mol. The van der Waals surface area contributed by atoms with Gasteiger partial charge < -0.3 is 4.84 Å². The molecule has 0 rings (SSSR count). The molecule has 0 aliphatic heterocycles. The standard InChI is InChI=1S/C7H11NO3/c1-4-7(5(2)9)8-11-6(3)10/h4H2,1-3H3/b8-7-. The Morgan fingerprint density at radius 3 is 2.18 bits per heavy atom. The Labute approximate surface area is 65.2 Å².